The highest BCUT2D eigenvalue weighted by atomic mass is 32.1. The summed E-state index contributed by atoms with van der Waals surface area (Å²) in [6.45, 7) is 1.93. The van der Waals surface area contributed by atoms with E-state index in [-0.39, 0.29) is 0 Å². The third-order valence-electron chi connectivity index (χ3n) is 2.57. The molecule has 0 unspecified atom stereocenters. The van der Waals surface area contributed by atoms with E-state index in [1.807, 2.05) is 55.5 Å². The maximum atomic E-state index is 9.12. The lowest BCUT2D eigenvalue weighted by Gasteiger charge is -2.01. The summed E-state index contributed by atoms with van der Waals surface area (Å²) in [6, 6.07) is 14.0. The molecule has 0 amide bonds. The van der Waals surface area contributed by atoms with Gasteiger partial charge in [0.1, 0.15) is 10.7 Å². The van der Waals surface area contributed by atoms with Crippen LogP contribution in [0.2, 0.25) is 0 Å². The van der Waals surface area contributed by atoms with Gasteiger partial charge in [-0.25, -0.2) is 0 Å². The van der Waals surface area contributed by atoms with Crippen molar-refractivity contribution in [1.82, 2.24) is 4.98 Å². The summed E-state index contributed by atoms with van der Waals surface area (Å²) in [4.78, 5) is 2.99. The van der Waals surface area contributed by atoms with E-state index in [9.17, 15) is 0 Å². The number of rotatable bonds is 2. The molecule has 0 aliphatic rings. The summed E-state index contributed by atoms with van der Waals surface area (Å²) in [5, 5.41) is 9.12. The topological polar surface area (TPSA) is 39.6 Å². The number of nitrogens with one attached hydrogen (secondary N) is 1. The van der Waals surface area contributed by atoms with Crippen LogP contribution in [-0.4, -0.2) is 4.98 Å². The Morgan fingerprint density at radius 2 is 1.94 bits per heavy atom. The fourth-order valence-electron chi connectivity index (χ4n) is 1.71. The van der Waals surface area contributed by atoms with Crippen molar-refractivity contribution in [3.63, 3.8) is 0 Å². The van der Waals surface area contributed by atoms with Crippen molar-refractivity contribution in [2.24, 2.45) is 0 Å². The van der Waals surface area contributed by atoms with Crippen LogP contribution in [0, 0.1) is 22.9 Å². The number of benzene rings is 1. The second-order valence-corrected chi connectivity index (χ2v) is 4.38. The summed E-state index contributed by atoms with van der Waals surface area (Å²) in [7, 11) is 0. The molecule has 1 aromatic carbocycles. The predicted octanol–water partition coefficient (Wildman–Crippen LogP) is 4.09. The first-order chi connectivity index (χ1) is 8.70. The van der Waals surface area contributed by atoms with Crippen LogP contribution in [0.25, 0.3) is 12.2 Å². The molecule has 1 heterocycles. The number of pyridine rings is 1. The molecule has 0 aliphatic heterocycles. The molecule has 1 N–H and O–H groups in total. The second-order valence-electron chi connectivity index (χ2n) is 3.97. The molecule has 1 aromatic heterocycles. The number of hydrogen-bond acceptors (Lipinski definition) is 2. The van der Waals surface area contributed by atoms with Crippen molar-refractivity contribution in [2.75, 3.05) is 0 Å². The number of nitriles is 1. The van der Waals surface area contributed by atoms with E-state index in [1.165, 1.54) is 0 Å². The van der Waals surface area contributed by atoms with Crippen molar-refractivity contribution in [3.8, 4) is 6.07 Å². The molecular weight excluding hydrogens is 240 g/mol. The fourth-order valence-corrected chi connectivity index (χ4v) is 2.04. The van der Waals surface area contributed by atoms with Gasteiger partial charge in [0.2, 0.25) is 0 Å². The maximum Gasteiger partial charge on any atom is 0.122 e. The molecule has 0 atom stereocenters. The summed E-state index contributed by atoms with van der Waals surface area (Å²) in [5.74, 6) is 0. The first kappa shape index (κ1) is 12.3. The van der Waals surface area contributed by atoms with Crippen LogP contribution >= 0.6 is 12.2 Å². The molecule has 0 radical (unpaired) electrons. The van der Waals surface area contributed by atoms with Crippen molar-refractivity contribution >= 4 is 24.4 Å². The van der Waals surface area contributed by atoms with E-state index >= 15 is 0 Å². The Labute approximate surface area is 111 Å². The van der Waals surface area contributed by atoms with E-state index in [0.717, 1.165) is 16.8 Å². The Bertz CT molecular complexity index is 676. The van der Waals surface area contributed by atoms with Crippen LogP contribution in [0.3, 0.4) is 0 Å². The van der Waals surface area contributed by atoms with Gasteiger partial charge < -0.3 is 4.98 Å². The molecule has 3 heteroatoms. The average molecular weight is 252 g/mol. The van der Waals surface area contributed by atoms with E-state index in [2.05, 4.69) is 11.1 Å². The molecule has 2 aromatic rings. The third-order valence-corrected chi connectivity index (χ3v) is 2.87. The minimum Gasteiger partial charge on any atom is -0.349 e. The fraction of sp³-hybridized carbons (Fsp3) is 0.0667. The average Bonchev–Trinajstić information content (AvgIpc) is 2.37. The van der Waals surface area contributed by atoms with Gasteiger partial charge in [-0.05, 0) is 24.1 Å². The van der Waals surface area contributed by atoms with E-state index in [0.29, 0.717) is 10.2 Å². The highest BCUT2D eigenvalue weighted by molar-refractivity contribution is 7.71. The number of aromatic nitrogens is 1. The van der Waals surface area contributed by atoms with Gasteiger partial charge in [0.05, 0.1) is 5.56 Å². The smallest absolute Gasteiger partial charge is 0.122 e. The minimum atomic E-state index is 0.491. The first-order valence-corrected chi connectivity index (χ1v) is 5.98. The lowest BCUT2D eigenvalue weighted by atomic mass is 10.1. The van der Waals surface area contributed by atoms with Gasteiger partial charge >= 0.3 is 0 Å². The molecule has 0 aliphatic carbocycles. The quantitative estimate of drug-likeness (QED) is 0.817. The predicted molar refractivity (Wildman–Crippen MR) is 76.4 cm³/mol. The van der Waals surface area contributed by atoms with Crippen LogP contribution in [-0.2, 0) is 0 Å². The lowest BCUT2D eigenvalue weighted by molar-refractivity contribution is 1.16. The molecule has 0 saturated heterocycles. The number of H-pyrrole nitrogens is 1. The van der Waals surface area contributed by atoms with Gasteiger partial charge in [0.25, 0.3) is 0 Å². The summed E-state index contributed by atoms with van der Waals surface area (Å²) in [5.41, 5.74) is 3.41. The van der Waals surface area contributed by atoms with Crippen LogP contribution in [0.15, 0.2) is 36.4 Å². The van der Waals surface area contributed by atoms with Gasteiger partial charge in [0.15, 0.2) is 0 Å². The van der Waals surface area contributed by atoms with E-state index < -0.39 is 0 Å². The Morgan fingerprint density at radius 3 is 2.61 bits per heavy atom. The van der Waals surface area contributed by atoms with Crippen LogP contribution < -0.4 is 0 Å². The Balaban J connectivity index is 2.44. The zero-order valence-electron chi connectivity index (χ0n) is 9.97. The molecule has 2 rings (SSSR count). The Morgan fingerprint density at radius 1 is 1.22 bits per heavy atom. The molecule has 0 bridgehead atoms. The zero-order chi connectivity index (χ0) is 13.0. The van der Waals surface area contributed by atoms with Crippen molar-refractivity contribution in [1.29, 1.82) is 5.26 Å². The van der Waals surface area contributed by atoms with Crippen LogP contribution in [0.5, 0.6) is 0 Å². The standard InChI is InChI=1S/C15H12N2S/c1-11-9-13(14(10-16)15(18)17-11)8-7-12-5-3-2-4-6-12/h2-9H,1H3,(H,17,18). The molecule has 2 nitrogen and oxygen atoms in total. The van der Waals surface area contributed by atoms with Gasteiger partial charge in [-0.1, -0.05) is 54.7 Å². The van der Waals surface area contributed by atoms with Gasteiger partial charge in [0, 0.05) is 5.69 Å². The molecule has 0 saturated carbocycles. The maximum absolute atomic E-state index is 9.12. The zero-order valence-corrected chi connectivity index (χ0v) is 10.8. The van der Waals surface area contributed by atoms with Gasteiger partial charge in [-0.3, -0.25) is 0 Å². The molecule has 0 fully saturated rings. The molecule has 18 heavy (non-hydrogen) atoms. The number of aromatic amines is 1. The van der Waals surface area contributed by atoms with Crippen molar-refractivity contribution in [2.45, 2.75) is 6.92 Å². The number of hydrogen-bond donors (Lipinski definition) is 1. The van der Waals surface area contributed by atoms with Gasteiger partial charge in [-0.2, -0.15) is 5.26 Å². The molecular formula is C15H12N2S. The lowest BCUT2D eigenvalue weighted by Crippen LogP contribution is -1.90. The summed E-state index contributed by atoms with van der Waals surface area (Å²) < 4.78 is 0.491. The van der Waals surface area contributed by atoms with Gasteiger partial charge in [-0.15, -0.1) is 0 Å². The first-order valence-electron chi connectivity index (χ1n) is 5.58. The van der Waals surface area contributed by atoms with Crippen LogP contribution in [0.1, 0.15) is 22.4 Å². The Kier molecular flexibility index (Phi) is 3.71. The van der Waals surface area contributed by atoms with Crippen LogP contribution in [0.4, 0.5) is 0 Å². The largest absolute Gasteiger partial charge is 0.349 e. The van der Waals surface area contributed by atoms with Crippen molar-refractivity contribution in [3.05, 3.63) is 63.4 Å². The van der Waals surface area contributed by atoms with E-state index in [1.54, 1.807) is 0 Å². The summed E-state index contributed by atoms with van der Waals surface area (Å²) in [6.07, 6.45) is 3.90. The monoisotopic (exact) mass is 252 g/mol. The number of nitrogens with zero attached hydrogens (tertiary/aromatic N) is 1. The third kappa shape index (κ3) is 2.73. The highest BCUT2D eigenvalue weighted by Crippen LogP contribution is 2.14. The Hall–Kier alpha value is -2.18. The minimum absolute atomic E-state index is 0.491. The molecule has 88 valence electrons. The number of aryl methyl sites for hydroxylation is 1. The normalized spacial score (nSPS) is 10.4. The molecule has 0 spiro atoms. The van der Waals surface area contributed by atoms with E-state index in [4.69, 9.17) is 17.5 Å². The highest BCUT2D eigenvalue weighted by Gasteiger charge is 2.02. The second kappa shape index (κ2) is 5.44. The SMILES string of the molecule is Cc1cc(C=Cc2ccccc2)c(C#N)c(=S)[nH]1. The summed E-state index contributed by atoms with van der Waals surface area (Å²) >= 11 is 5.15. The van der Waals surface area contributed by atoms with Crippen molar-refractivity contribution < 1.29 is 0 Å².